The van der Waals surface area contributed by atoms with E-state index in [-0.39, 0.29) is 34.6 Å². The maximum Gasteiger partial charge on any atom is 0.158 e. The summed E-state index contributed by atoms with van der Waals surface area (Å²) in [6, 6.07) is 0. The van der Waals surface area contributed by atoms with Gasteiger partial charge in [0.25, 0.3) is 0 Å². The molecule has 4 rings (SSSR count). The van der Waals surface area contributed by atoms with Gasteiger partial charge in [-0.2, -0.15) is 0 Å². The highest BCUT2D eigenvalue weighted by atomic mass is 16.3. The van der Waals surface area contributed by atoms with Crippen molar-refractivity contribution < 1.29 is 15.0 Å². The van der Waals surface area contributed by atoms with Crippen LogP contribution in [0.4, 0.5) is 0 Å². The van der Waals surface area contributed by atoms with Crippen LogP contribution in [0.1, 0.15) is 66.2 Å². The van der Waals surface area contributed by atoms with Crippen molar-refractivity contribution in [2.45, 2.75) is 77.9 Å². The Hall–Kier alpha value is -0.670. The van der Waals surface area contributed by atoms with Crippen LogP contribution >= 0.6 is 0 Å². The molecule has 3 heteroatoms. The van der Waals surface area contributed by atoms with Crippen LogP contribution in [-0.4, -0.2) is 27.7 Å². The number of hydrogen-bond acceptors (Lipinski definition) is 3. The van der Waals surface area contributed by atoms with Crippen molar-refractivity contribution in [3.05, 3.63) is 11.6 Å². The first-order valence-corrected chi connectivity index (χ1v) is 9.75. The Morgan fingerprint density at radius 2 is 1.88 bits per heavy atom. The highest BCUT2D eigenvalue weighted by molar-refractivity contribution is 5.93. The van der Waals surface area contributed by atoms with Crippen molar-refractivity contribution in [2.75, 3.05) is 0 Å². The maximum absolute atomic E-state index is 12.2. The second kappa shape index (κ2) is 4.94. The predicted molar refractivity (Wildman–Crippen MR) is 93.3 cm³/mol. The Labute approximate surface area is 145 Å². The molecule has 0 spiro atoms. The molecule has 0 unspecified atom stereocenters. The number of carbonyl (C=O) groups is 1. The zero-order valence-electron chi connectivity index (χ0n) is 15.5. The van der Waals surface area contributed by atoms with Gasteiger partial charge in [-0.05, 0) is 74.7 Å². The van der Waals surface area contributed by atoms with Crippen LogP contribution in [0.25, 0.3) is 0 Å². The first-order valence-electron chi connectivity index (χ1n) is 9.75. The normalized spacial score (nSPS) is 57.0. The number of hydrogen-bond donors (Lipinski definition) is 2. The first kappa shape index (κ1) is 16.8. The molecule has 0 aromatic heterocycles. The highest BCUT2D eigenvalue weighted by Gasteiger charge is 2.65. The molecule has 8 atom stereocenters. The number of carbonyl (C=O) groups excluding carboxylic acids is 1. The largest absolute Gasteiger partial charge is 0.393 e. The number of allylic oxidation sites excluding steroid dienone is 1. The van der Waals surface area contributed by atoms with Gasteiger partial charge in [0.1, 0.15) is 0 Å². The third kappa shape index (κ3) is 1.94. The Balaban J connectivity index is 1.76. The molecule has 0 saturated heterocycles. The molecule has 3 nitrogen and oxygen atoms in total. The van der Waals surface area contributed by atoms with Crippen molar-refractivity contribution in [1.29, 1.82) is 0 Å². The van der Waals surface area contributed by atoms with Crippen LogP contribution in [0.15, 0.2) is 11.6 Å². The SMILES string of the molecule is C[C@@H]1C[C@@]2(C)C(=CC1=O)CC[C@@H]1[C@@H]2[C@@H](O)C[C@@]2(C)[C@H]1CC[C@@]2(C)O. The van der Waals surface area contributed by atoms with Gasteiger partial charge in [0, 0.05) is 11.3 Å². The predicted octanol–water partition coefficient (Wildman–Crippen LogP) is 3.49. The number of aliphatic hydroxyl groups is 2. The standard InChI is InChI=1S/C21H32O3/c1-12-10-19(2)13(9-16(12)22)5-6-14-15-7-8-21(4,24)20(15,3)11-17(23)18(14)19/h9,12,14-15,17-18,23-24H,5-8,10-11H2,1-4H3/t12-,14+,15+,17+,18-,19+,20+,21-/m1/s1. The van der Waals surface area contributed by atoms with Crippen LogP contribution in [0.2, 0.25) is 0 Å². The Morgan fingerprint density at radius 3 is 2.58 bits per heavy atom. The summed E-state index contributed by atoms with van der Waals surface area (Å²) in [5.74, 6) is 1.52. The molecular formula is C21H32O3. The fraction of sp³-hybridized carbons (Fsp3) is 0.857. The van der Waals surface area contributed by atoms with Crippen molar-refractivity contribution in [1.82, 2.24) is 0 Å². The molecule has 0 amide bonds. The molecular weight excluding hydrogens is 300 g/mol. The summed E-state index contributed by atoms with van der Waals surface area (Å²) >= 11 is 0. The lowest BCUT2D eigenvalue weighted by atomic mass is 9.45. The minimum Gasteiger partial charge on any atom is -0.393 e. The van der Waals surface area contributed by atoms with E-state index in [1.54, 1.807) is 0 Å². The Kier molecular flexibility index (Phi) is 3.46. The molecule has 0 aromatic rings. The van der Waals surface area contributed by atoms with E-state index in [0.717, 1.165) is 32.1 Å². The van der Waals surface area contributed by atoms with E-state index in [0.29, 0.717) is 18.3 Å². The third-order valence-electron chi connectivity index (χ3n) is 8.77. The average Bonchev–Trinajstić information content (AvgIpc) is 2.70. The summed E-state index contributed by atoms with van der Waals surface area (Å²) in [4.78, 5) is 12.2. The summed E-state index contributed by atoms with van der Waals surface area (Å²) in [6.45, 7) is 8.49. The minimum atomic E-state index is -0.670. The van der Waals surface area contributed by atoms with E-state index in [1.165, 1.54) is 5.57 Å². The molecule has 3 saturated carbocycles. The Bertz CT molecular complexity index is 606. The molecule has 2 N–H and O–H groups in total. The monoisotopic (exact) mass is 332 g/mol. The fourth-order valence-electron chi connectivity index (χ4n) is 7.25. The number of ketones is 1. The first-order chi connectivity index (χ1) is 11.1. The fourth-order valence-corrected chi connectivity index (χ4v) is 7.25. The molecule has 0 bridgehead atoms. The van der Waals surface area contributed by atoms with Gasteiger partial charge in [-0.1, -0.05) is 26.3 Å². The van der Waals surface area contributed by atoms with Gasteiger partial charge < -0.3 is 10.2 Å². The molecule has 0 aliphatic heterocycles. The molecule has 3 fully saturated rings. The van der Waals surface area contributed by atoms with Crippen molar-refractivity contribution in [3.63, 3.8) is 0 Å². The molecule has 24 heavy (non-hydrogen) atoms. The van der Waals surface area contributed by atoms with Gasteiger partial charge in [0.2, 0.25) is 0 Å². The van der Waals surface area contributed by atoms with E-state index in [1.807, 2.05) is 19.9 Å². The van der Waals surface area contributed by atoms with Gasteiger partial charge in [-0.15, -0.1) is 0 Å². The third-order valence-corrected chi connectivity index (χ3v) is 8.77. The van der Waals surface area contributed by atoms with E-state index in [2.05, 4.69) is 13.8 Å². The number of aliphatic hydroxyl groups excluding tert-OH is 1. The van der Waals surface area contributed by atoms with E-state index in [9.17, 15) is 15.0 Å². The van der Waals surface area contributed by atoms with Crippen LogP contribution in [0, 0.1) is 34.5 Å². The molecule has 4 aliphatic carbocycles. The molecule has 0 aromatic carbocycles. The lowest BCUT2D eigenvalue weighted by Gasteiger charge is -2.61. The van der Waals surface area contributed by atoms with Crippen LogP contribution < -0.4 is 0 Å². The van der Waals surface area contributed by atoms with Gasteiger partial charge in [0.05, 0.1) is 11.7 Å². The smallest absolute Gasteiger partial charge is 0.158 e. The van der Waals surface area contributed by atoms with E-state index < -0.39 is 5.60 Å². The lowest BCUT2D eigenvalue weighted by Crippen LogP contribution is -2.59. The zero-order valence-corrected chi connectivity index (χ0v) is 15.5. The summed E-state index contributed by atoms with van der Waals surface area (Å²) < 4.78 is 0. The number of rotatable bonds is 0. The quantitative estimate of drug-likeness (QED) is 0.714. The van der Waals surface area contributed by atoms with Crippen molar-refractivity contribution in [3.8, 4) is 0 Å². The Morgan fingerprint density at radius 1 is 1.17 bits per heavy atom. The van der Waals surface area contributed by atoms with Gasteiger partial charge in [0.15, 0.2) is 5.78 Å². The summed E-state index contributed by atoms with van der Waals surface area (Å²) in [5.41, 5.74) is 0.377. The van der Waals surface area contributed by atoms with Gasteiger partial charge in [-0.3, -0.25) is 4.79 Å². The summed E-state index contributed by atoms with van der Waals surface area (Å²) in [7, 11) is 0. The molecule has 0 heterocycles. The van der Waals surface area contributed by atoms with E-state index >= 15 is 0 Å². The van der Waals surface area contributed by atoms with Crippen molar-refractivity contribution >= 4 is 5.78 Å². The topological polar surface area (TPSA) is 57.5 Å². The summed E-state index contributed by atoms with van der Waals surface area (Å²) in [5, 5.41) is 22.1. The zero-order chi connectivity index (χ0) is 17.5. The lowest BCUT2D eigenvalue weighted by molar-refractivity contribution is -0.167. The van der Waals surface area contributed by atoms with Crippen LogP contribution in [0.5, 0.6) is 0 Å². The summed E-state index contributed by atoms with van der Waals surface area (Å²) in [6.07, 6.45) is 7.04. The number of fused-ring (bicyclic) bond motifs is 5. The second-order valence-corrected chi connectivity index (χ2v) is 9.93. The van der Waals surface area contributed by atoms with E-state index in [4.69, 9.17) is 0 Å². The molecule has 0 radical (unpaired) electrons. The minimum absolute atomic E-state index is 0.0502. The van der Waals surface area contributed by atoms with Gasteiger partial charge in [-0.25, -0.2) is 0 Å². The molecule has 4 aliphatic rings. The second-order valence-electron chi connectivity index (χ2n) is 9.93. The molecule has 134 valence electrons. The van der Waals surface area contributed by atoms with Crippen molar-refractivity contribution in [2.24, 2.45) is 34.5 Å². The van der Waals surface area contributed by atoms with Gasteiger partial charge >= 0.3 is 0 Å². The highest BCUT2D eigenvalue weighted by Crippen LogP contribution is 2.67. The maximum atomic E-state index is 12.2. The average molecular weight is 332 g/mol. The van der Waals surface area contributed by atoms with Crippen LogP contribution in [-0.2, 0) is 4.79 Å². The van der Waals surface area contributed by atoms with Crippen LogP contribution in [0.3, 0.4) is 0 Å².